The van der Waals surface area contributed by atoms with E-state index in [1.165, 1.54) is 49.0 Å². The Balaban J connectivity index is 1.93. The monoisotopic (exact) mass is 274 g/mol. The topological polar surface area (TPSA) is 15.3 Å². The van der Waals surface area contributed by atoms with E-state index < -0.39 is 0 Å². The summed E-state index contributed by atoms with van der Waals surface area (Å²) in [7, 11) is 2.28. The molecule has 2 heteroatoms. The second-order valence-corrected chi connectivity index (χ2v) is 6.00. The Kier molecular flexibility index (Phi) is 5.90. The molecule has 1 heterocycles. The Hall–Kier alpha value is -1.02. The number of piperidine rings is 1. The summed E-state index contributed by atoms with van der Waals surface area (Å²) in [6, 6.07) is 7.48. The highest BCUT2D eigenvalue weighted by Gasteiger charge is 2.18. The fourth-order valence-corrected chi connectivity index (χ4v) is 3.34. The van der Waals surface area contributed by atoms with E-state index in [0.717, 1.165) is 25.4 Å². The molecule has 1 aromatic rings. The first-order chi connectivity index (χ1) is 9.76. The molecule has 1 N–H and O–H groups in total. The number of nitrogens with one attached hydrogen (secondary N) is 1. The maximum absolute atomic E-state index is 3.72. The summed E-state index contributed by atoms with van der Waals surface area (Å²) in [5.74, 6) is 0. The molecule has 1 unspecified atom stereocenters. The molecule has 20 heavy (non-hydrogen) atoms. The summed E-state index contributed by atoms with van der Waals surface area (Å²) in [6.45, 7) is 6.86. The molecule has 0 aliphatic carbocycles. The number of para-hydroxylation sites is 1. The van der Waals surface area contributed by atoms with Gasteiger partial charge in [-0.25, -0.2) is 0 Å². The van der Waals surface area contributed by atoms with E-state index in [1.807, 2.05) is 0 Å². The molecule has 1 aliphatic heterocycles. The highest BCUT2D eigenvalue weighted by atomic mass is 15.1. The van der Waals surface area contributed by atoms with Crippen LogP contribution in [0.4, 0.5) is 5.69 Å². The van der Waals surface area contributed by atoms with Crippen LogP contribution in [0.1, 0.15) is 50.7 Å². The van der Waals surface area contributed by atoms with Gasteiger partial charge in [-0.2, -0.15) is 0 Å². The molecule has 1 aromatic carbocycles. The van der Waals surface area contributed by atoms with Crippen LogP contribution < -0.4 is 5.32 Å². The second-order valence-electron chi connectivity index (χ2n) is 6.00. The zero-order chi connectivity index (χ0) is 14.4. The lowest BCUT2D eigenvalue weighted by Gasteiger charge is -2.32. The van der Waals surface area contributed by atoms with E-state index in [4.69, 9.17) is 0 Å². The van der Waals surface area contributed by atoms with E-state index >= 15 is 0 Å². The number of anilines is 1. The summed E-state index contributed by atoms with van der Waals surface area (Å²) in [6.07, 6.45) is 7.63. The van der Waals surface area contributed by atoms with Crippen LogP contribution in [0.25, 0.3) is 0 Å². The zero-order valence-corrected chi connectivity index (χ0v) is 13.4. The van der Waals surface area contributed by atoms with Gasteiger partial charge in [0.1, 0.15) is 0 Å². The van der Waals surface area contributed by atoms with Gasteiger partial charge in [-0.05, 0) is 56.8 Å². The maximum atomic E-state index is 3.72. The van der Waals surface area contributed by atoms with Gasteiger partial charge in [0.2, 0.25) is 0 Å². The van der Waals surface area contributed by atoms with Crippen LogP contribution >= 0.6 is 0 Å². The van der Waals surface area contributed by atoms with E-state index in [2.05, 4.69) is 49.3 Å². The summed E-state index contributed by atoms with van der Waals surface area (Å²) in [4.78, 5) is 2.54. The van der Waals surface area contributed by atoms with E-state index in [0.29, 0.717) is 0 Å². The van der Waals surface area contributed by atoms with Gasteiger partial charge in [0.25, 0.3) is 0 Å². The molecule has 0 saturated carbocycles. The average molecular weight is 274 g/mol. The lowest BCUT2D eigenvalue weighted by atomic mass is 9.99. The van der Waals surface area contributed by atoms with Crippen LogP contribution in [-0.2, 0) is 12.8 Å². The minimum atomic E-state index is 0.773. The van der Waals surface area contributed by atoms with Crippen molar-refractivity contribution in [1.29, 1.82) is 0 Å². The number of aryl methyl sites for hydroxylation is 2. The molecule has 0 radical (unpaired) electrons. The summed E-state index contributed by atoms with van der Waals surface area (Å²) < 4.78 is 0. The predicted octanol–water partition coefficient (Wildman–Crippen LogP) is 4.10. The van der Waals surface area contributed by atoms with E-state index in [9.17, 15) is 0 Å². The third kappa shape index (κ3) is 3.76. The highest BCUT2D eigenvalue weighted by Crippen LogP contribution is 2.23. The molecule has 112 valence electrons. The van der Waals surface area contributed by atoms with Crippen molar-refractivity contribution in [3.8, 4) is 0 Å². The molecule has 1 atom stereocenters. The standard InChI is InChI=1S/C18H30N2/c1-4-15-9-8-10-16(5-2)18(15)19-13-12-17-11-6-7-14-20(17)3/h8-10,17,19H,4-7,11-14H2,1-3H3. The number of nitrogens with zero attached hydrogens (tertiary/aromatic N) is 1. The number of benzene rings is 1. The Morgan fingerprint density at radius 3 is 2.45 bits per heavy atom. The fourth-order valence-electron chi connectivity index (χ4n) is 3.34. The normalized spacial score (nSPS) is 20.1. The molecule has 1 saturated heterocycles. The van der Waals surface area contributed by atoms with E-state index in [1.54, 1.807) is 0 Å². The van der Waals surface area contributed by atoms with Gasteiger partial charge < -0.3 is 10.2 Å². The molecule has 0 amide bonds. The van der Waals surface area contributed by atoms with Crippen LogP contribution in [-0.4, -0.2) is 31.1 Å². The van der Waals surface area contributed by atoms with Crippen LogP contribution in [0.5, 0.6) is 0 Å². The van der Waals surface area contributed by atoms with Crippen molar-refractivity contribution in [2.75, 3.05) is 25.5 Å². The van der Waals surface area contributed by atoms with Gasteiger partial charge in [0, 0.05) is 18.3 Å². The number of hydrogen-bond acceptors (Lipinski definition) is 2. The first-order valence-electron chi connectivity index (χ1n) is 8.31. The SMILES string of the molecule is CCc1cccc(CC)c1NCCC1CCCCN1C. The van der Waals surface area contributed by atoms with E-state index in [-0.39, 0.29) is 0 Å². The molecule has 1 fully saturated rings. The number of likely N-dealkylation sites (tertiary alicyclic amines) is 1. The molecule has 0 aromatic heterocycles. The molecular weight excluding hydrogens is 244 g/mol. The number of hydrogen-bond donors (Lipinski definition) is 1. The zero-order valence-electron chi connectivity index (χ0n) is 13.4. The predicted molar refractivity (Wildman–Crippen MR) is 88.6 cm³/mol. The Morgan fingerprint density at radius 2 is 1.85 bits per heavy atom. The smallest absolute Gasteiger partial charge is 0.0405 e. The van der Waals surface area contributed by atoms with Gasteiger partial charge in [-0.1, -0.05) is 38.5 Å². The fraction of sp³-hybridized carbons (Fsp3) is 0.667. The summed E-state index contributed by atoms with van der Waals surface area (Å²) in [5.41, 5.74) is 4.32. The van der Waals surface area contributed by atoms with Crippen molar-refractivity contribution in [2.24, 2.45) is 0 Å². The average Bonchev–Trinajstić information content (AvgIpc) is 2.49. The first kappa shape index (κ1) is 15.4. The van der Waals surface area contributed by atoms with Crippen molar-refractivity contribution < 1.29 is 0 Å². The molecule has 2 nitrogen and oxygen atoms in total. The van der Waals surface area contributed by atoms with Crippen molar-refractivity contribution in [3.05, 3.63) is 29.3 Å². The van der Waals surface area contributed by atoms with Gasteiger partial charge in [0.15, 0.2) is 0 Å². The van der Waals surface area contributed by atoms with Crippen LogP contribution in [0, 0.1) is 0 Å². The second kappa shape index (κ2) is 7.68. The van der Waals surface area contributed by atoms with Gasteiger partial charge in [-0.15, -0.1) is 0 Å². The first-order valence-corrected chi connectivity index (χ1v) is 8.31. The van der Waals surface area contributed by atoms with Crippen LogP contribution in [0.15, 0.2) is 18.2 Å². The quantitative estimate of drug-likeness (QED) is 0.840. The minimum absolute atomic E-state index is 0.773. The van der Waals surface area contributed by atoms with Gasteiger partial charge in [0.05, 0.1) is 0 Å². The maximum Gasteiger partial charge on any atom is 0.0405 e. The lowest BCUT2D eigenvalue weighted by Crippen LogP contribution is -2.37. The molecular formula is C18H30N2. The van der Waals surface area contributed by atoms with Crippen molar-refractivity contribution in [3.63, 3.8) is 0 Å². The third-order valence-corrected chi connectivity index (χ3v) is 4.70. The largest absolute Gasteiger partial charge is 0.385 e. The number of rotatable bonds is 6. The molecule has 0 spiro atoms. The minimum Gasteiger partial charge on any atom is -0.385 e. The molecule has 1 aliphatic rings. The Labute approximate surface area is 124 Å². The Morgan fingerprint density at radius 1 is 1.15 bits per heavy atom. The van der Waals surface area contributed by atoms with Crippen LogP contribution in [0.3, 0.4) is 0 Å². The molecule has 2 rings (SSSR count). The van der Waals surface area contributed by atoms with Gasteiger partial charge in [-0.3, -0.25) is 0 Å². The Bertz CT molecular complexity index is 392. The lowest BCUT2D eigenvalue weighted by molar-refractivity contribution is 0.179. The van der Waals surface area contributed by atoms with Crippen molar-refractivity contribution in [2.45, 2.75) is 58.4 Å². The van der Waals surface area contributed by atoms with Gasteiger partial charge >= 0.3 is 0 Å². The van der Waals surface area contributed by atoms with Crippen molar-refractivity contribution in [1.82, 2.24) is 4.90 Å². The van der Waals surface area contributed by atoms with Crippen LogP contribution in [0.2, 0.25) is 0 Å². The highest BCUT2D eigenvalue weighted by molar-refractivity contribution is 5.57. The summed E-state index contributed by atoms with van der Waals surface area (Å²) in [5, 5.41) is 3.72. The summed E-state index contributed by atoms with van der Waals surface area (Å²) >= 11 is 0. The molecule has 0 bridgehead atoms. The van der Waals surface area contributed by atoms with Crippen molar-refractivity contribution >= 4 is 5.69 Å². The third-order valence-electron chi connectivity index (χ3n) is 4.70.